The number of nitrogens with one attached hydrogen (secondary N) is 2. The van der Waals surface area contributed by atoms with Crippen molar-refractivity contribution in [3.63, 3.8) is 0 Å². The molecule has 1 aliphatic carbocycles. The van der Waals surface area contributed by atoms with Gasteiger partial charge in [0.25, 0.3) is 5.56 Å². The van der Waals surface area contributed by atoms with Crippen LogP contribution in [0.15, 0.2) is 23.0 Å². The molecule has 2 aromatic heterocycles. The number of nitrogens with zero attached hydrogens (tertiary/aromatic N) is 3. The van der Waals surface area contributed by atoms with Crippen molar-refractivity contribution < 1.29 is 0 Å². The van der Waals surface area contributed by atoms with E-state index in [1.54, 1.807) is 18.2 Å². The summed E-state index contributed by atoms with van der Waals surface area (Å²) in [5, 5.41) is 8.30. The van der Waals surface area contributed by atoms with Crippen molar-refractivity contribution in [2.45, 2.75) is 38.1 Å². The van der Waals surface area contributed by atoms with Crippen LogP contribution in [0.5, 0.6) is 0 Å². The van der Waals surface area contributed by atoms with Crippen LogP contribution in [0, 0.1) is 5.41 Å². The van der Waals surface area contributed by atoms with Crippen molar-refractivity contribution in [3.8, 4) is 11.3 Å². The van der Waals surface area contributed by atoms with E-state index in [0.717, 1.165) is 13.0 Å². The van der Waals surface area contributed by atoms with Crippen LogP contribution in [0.2, 0.25) is 10.0 Å². The maximum absolute atomic E-state index is 12.9. The number of H-pyrrole nitrogens is 2. The monoisotopic (exact) mass is 432 g/mol. The van der Waals surface area contributed by atoms with Crippen LogP contribution >= 0.6 is 23.2 Å². The SMILES string of the molecule is NC1CN(c2nc3[nH]nc(-c4cccc(Cl)c4Cl)c3c(=O)[nH]2)CCC12CCCC2. The normalized spacial score (nSPS) is 21.3. The summed E-state index contributed by atoms with van der Waals surface area (Å²) >= 11 is 12.4. The Balaban J connectivity index is 1.51. The molecule has 0 amide bonds. The maximum Gasteiger partial charge on any atom is 0.264 e. The molecule has 2 fully saturated rings. The van der Waals surface area contributed by atoms with E-state index in [4.69, 9.17) is 28.9 Å². The van der Waals surface area contributed by atoms with Gasteiger partial charge in [-0.15, -0.1) is 0 Å². The number of halogens is 2. The highest BCUT2D eigenvalue weighted by Gasteiger charge is 2.43. The second-order valence-corrected chi connectivity index (χ2v) is 8.94. The standard InChI is InChI=1S/C20H22Cl2N6O/c21-12-5-3-4-11(15(12)22)16-14-17(27-26-16)24-19(25-18(14)29)28-9-8-20(13(23)10-28)6-1-2-7-20/h3-5,13H,1-2,6-10,23H2,(H2,24,25,26,27,29). The number of hydrogen-bond acceptors (Lipinski definition) is 5. The highest BCUT2D eigenvalue weighted by Crippen LogP contribution is 2.46. The third-order valence-electron chi connectivity index (χ3n) is 6.61. The Kier molecular flexibility index (Phi) is 4.57. The Labute approximate surface area is 177 Å². The molecule has 4 N–H and O–H groups in total. The largest absolute Gasteiger partial charge is 0.341 e. The molecule has 1 unspecified atom stereocenters. The van der Waals surface area contributed by atoms with Gasteiger partial charge in [0.2, 0.25) is 5.95 Å². The second-order valence-electron chi connectivity index (χ2n) is 8.16. The number of anilines is 1. The van der Waals surface area contributed by atoms with Crippen LogP contribution in [0.3, 0.4) is 0 Å². The molecule has 152 valence electrons. The molecule has 3 heterocycles. The Bertz CT molecular complexity index is 1130. The van der Waals surface area contributed by atoms with E-state index in [1.165, 1.54) is 25.7 Å². The summed E-state index contributed by atoms with van der Waals surface area (Å²) in [7, 11) is 0. The number of fused-ring (bicyclic) bond motifs is 1. The molecule has 1 aromatic carbocycles. The van der Waals surface area contributed by atoms with Gasteiger partial charge >= 0.3 is 0 Å². The van der Waals surface area contributed by atoms with E-state index in [9.17, 15) is 4.79 Å². The molecule has 29 heavy (non-hydrogen) atoms. The molecule has 9 heteroatoms. The highest BCUT2D eigenvalue weighted by atomic mass is 35.5. The third-order valence-corrected chi connectivity index (χ3v) is 7.43. The van der Waals surface area contributed by atoms with Crippen LogP contribution in [-0.4, -0.2) is 39.3 Å². The highest BCUT2D eigenvalue weighted by molar-refractivity contribution is 6.43. The predicted molar refractivity (Wildman–Crippen MR) is 116 cm³/mol. The fourth-order valence-corrected chi connectivity index (χ4v) is 5.31. The Morgan fingerprint density at radius 1 is 1.21 bits per heavy atom. The minimum atomic E-state index is -0.264. The van der Waals surface area contributed by atoms with Gasteiger partial charge in [0, 0.05) is 24.7 Å². The fraction of sp³-hybridized carbons (Fsp3) is 0.450. The van der Waals surface area contributed by atoms with Gasteiger partial charge in [-0.2, -0.15) is 10.1 Å². The second kappa shape index (κ2) is 7.00. The Morgan fingerprint density at radius 3 is 2.76 bits per heavy atom. The van der Waals surface area contributed by atoms with Crippen molar-refractivity contribution in [3.05, 3.63) is 38.6 Å². The minimum Gasteiger partial charge on any atom is -0.341 e. The van der Waals surface area contributed by atoms with Gasteiger partial charge in [-0.05, 0) is 30.7 Å². The predicted octanol–water partition coefficient (Wildman–Crippen LogP) is 3.72. The maximum atomic E-state index is 12.9. The molecule has 1 aliphatic heterocycles. The summed E-state index contributed by atoms with van der Waals surface area (Å²) < 4.78 is 0. The molecular formula is C20H22Cl2N6O. The van der Waals surface area contributed by atoms with Gasteiger partial charge in [-0.1, -0.05) is 48.2 Å². The van der Waals surface area contributed by atoms with Crippen LogP contribution in [0.25, 0.3) is 22.3 Å². The summed E-state index contributed by atoms with van der Waals surface area (Å²) in [6.07, 6.45) is 5.96. The fourth-order valence-electron chi connectivity index (χ4n) is 4.92. The lowest BCUT2D eigenvalue weighted by molar-refractivity contribution is 0.187. The molecule has 3 aromatic rings. The number of rotatable bonds is 2. The topological polar surface area (TPSA) is 104 Å². The molecule has 0 radical (unpaired) electrons. The van der Waals surface area contributed by atoms with Gasteiger partial charge in [0.05, 0.1) is 10.0 Å². The third kappa shape index (κ3) is 3.03. The molecule has 1 atom stereocenters. The number of nitrogens with two attached hydrogens (primary N) is 1. The number of benzene rings is 1. The van der Waals surface area contributed by atoms with E-state index in [1.807, 2.05) is 0 Å². The molecule has 5 rings (SSSR count). The average Bonchev–Trinajstić information content (AvgIpc) is 3.34. The van der Waals surface area contributed by atoms with Crippen molar-refractivity contribution >= 4 is 40.2 Å². The van der Waals surface area contributed by atoms with E-state index < -0.39 is 0 Å². The van der Waals surface area contributed by atoms with Crippen molar-refractivity contribution in [1.82, 2.24) is 20.2 Å². The number of aromatic amines is 2. The minimum absolute atomic E-state index is 0.0855. The van der Waals surface area contributed by atoms with Crippen LogP contribution in [0.1, 0.15) is 32.1 Å². The quantitative estimate of drug-likeness (QED) is 0.572. The van der Waals surface area contributed by atoms with Crippen molar-refractivity contribution in [2.75, 3.05) is 18.0 Å². The number of aromatic nitrogens is 4. The summed E-state index contributed by atoms with van der Waals surface area (Å²) in [4.78, 5) is 22.6. The number of piperidine rings is 1. The summed E-state index contributed by atoms with van der Waals surface area (Å²) in [5.74, 6) is 0.526. The van der Waals surface area contributed by atoms with Gasteiger partial charge in [-0.3, -0.25) is 14.9 Å². The molecule has 1 saturated heterocycles. The first-order chi connectivity index (χ1) is 14.0. The van der Waals surface area contributed by atoms with Crippen molar-refractivity contribution in [2.24, 2.45) is 11.1 Å². The molecule has 2 aliphatic rings. The number of hydrogen-bond donors (Lipinski definition) is 3. The molecular weight excluding hydrogens is 411 g/mol. The lowest BCUT2D eigenvalue weighted by Gasteiger charge is -2.44. The molecule has 0 bridgehead atoms. The van der Waals surface area contributed by atoms with E-state index >= 15 is 0 Å². The van der Waals surface area contributed by atoms with E-state index in [2.05, 4.69) is 25.1 Å². The average molecular weight is 433 g/mol. The van der Waals surface area contributed by atoms with Crippen LogP contribution in [0.4, 0.5) is 5.95 Å². The van der Waals surface area contributed by atoms with Gasteiger partial charge in [-0.25, -0.2) is 0 Å². The lowest BCUT2D eigenvalue weighted by atomic mass is 9.73. The zero-order valence-electron chi connectivity index (χ0n) is 15.8. The summed E-state index contributed by atoms with van der Waals surface area (Å²) in [6.45, 7) is 1.53. The first-order valence-corrected chi connectivity index (χ1v) is 10.7. The zero-order valence-corrected chi connectivity index (χ0v) is 17.4. The van der Waals surface area contributed by atoms with Gasteiger partial charge in [0.15, 0.2) is 5.65 Å². The zero-order chi connectivity index (χ0) is 20.2. The Hall–Kier alpha value is -2.09. The van der Waals surface area contributed by atoms with Crippen molar-refractivity contribution in [1.29, 1.82) is 0 Å². The molecule has 7 nitrogen and oxygen atoms in total. The first-order valence-electron chi connectivity index (χ1n) is 9.92. The van der Waals surface area contributed by atoms with Gasteiger partial charge < -0.3 is 10.6 Å². The van der Waals surface area contributed by atoms with Gasteiger partial charge in [0.1, 0.15) is 11.1 Å². The Morgan fingerprint density at radius 2 is 2.00 bits per heavy atom. The van der Waals surface area contributed by atoms with E-state index in [0.29, 0.717) is 44.8 Å². The summed E-state index contributed by atoms with van der Waals surface area (Å²) in [5.41, 5.74) is 8.00. The molecule has 1 saturated carbocycles. The van der Waals surface area contributed by atoms with Crippen LogP contribution in [-0.2, 0) is 0 Å². The summed E-state index contributed by atoms with van der Waals surface area (Å²) in [6, 6.07) is 5.33. The van der Waals surface area contributed by atoms with E-state index in [-0.39, 0.29) is 17.0 Å². The van der Waals surface area contributed by atoms with Crippen LogP contribution < -0.4 is 16.2 Å². The lowest BCUT2D eigenvalue weighted by Crippen LogP contribution is -2.54. The smallest absolute Gasteiger partial charge is 0.264 e. The molecule has 1 spiro atoms. The first kappa shape index (κ1) is 18.9.